The van der Waals surface area contributed by atoms with Crippen LogP contribution >= 0.6 is 15.9 Å². The number of esters is 1. The number of hydrazone groups is 1. The summed E-state index contributed by atoms with van der Waals surface area (Å²) in [6.45, 7) is 0. The van der Waals surface area contributed by atoms with E-state index in [1.54, 1.807) is 48.5 Å². The molecule has 0 saturated carbocycles. The maximum Gasteiger partial charge on any atom is 0.338 e. The topological polar surface area (TPSA) is 67.8 Å². The van der Waals surface area contributed by atoms with Gasteiger partial charge in [-0.05, 0) is 42.5 Å². The normalized spacial score (nSPS) is 11.0. The Morgan fingerprint density at radius 3 is 2.11 bits per heavy atom. The van der Waals surface area contributed by atoms with Crippen molar-refractivity contribution in [3.8, 4) is 0 Å². The van der Waals surface area contributed by atoms with Crippen LogP contribution < -0.4 is 5.43 Å². The molecule has 3 aromatic rings. The minimum Gasteiger partial charge on any atom is -0.465 e. The maximum absolute atomic E-state index is 13.2. The second-order valence-electron chi connectivity index (χ2n) is 5.81. The summed E-state index contributed by atoms with van der Waals surface area (Å²) in [5.41, 5.74) is 4.85. The first-order valence-corrected chi connectivity index (χ1v) is 9.26. The molecule has 5 nitrogen and oxygen atoms in total. The van der Waals surface area contributed by atoms with Crippen LogP contribution in [0, 0.1) is 0 Å². The van der Waals surface area contributed by atoms with E-state index >= 15 is 0 Å². The Morgan fingerprint density at radius 2 is 1.46 bits per heavy atom. The third-order valence-corrected chi connectivity index (χ3v) is 4.51. The number of ether oxygens (including phenoxy) is 1. The van der Waals surface area contributed by atoms with Gasteiger partial charge in [-0.1, -0.05) is 52.3 Å². The van der Waals surface area contributed by atoms with Gasteiger partial charge in [-0.2, -0.15) is 5.10 Å². The molecular formula is C22H17BrN2O3. The number of rotatable bonds is 6. The van der Waals surface area contributed by atoms with Gasteiger partial charge in [0.25, 0.3) is 0 Å². The van der Waals surface area contributed by atoms with E-state index in [1.165, 1.54) is 7.11 Å². The van der Waals surface area contributed by atoms with Gasteiger partial charge in [0.1, 0.15) is 5.71 Å². The van der Waals surface area contributed by atoms with E-state index in [-0.39, 0.29) is 17.1 Å². The average Bonchev–Trinajstić information content (AvgIpc) is 2.74. The summed E-state index contributed by atoms with van der Waals surface area (Å²) in [7, 11) is 1.30. The fourth-order valence-electron chi connectivity index (χ4n) is 2.58. The largest absolute Gasteiger partial charge is 0.465 e. The highest BCUT2D eigenvalue weighted by Crippen LogP contribution is 2.18. The molecule has 3 rings (SSSR count). The van der Waals surface area contributed by atoms with Crippen LogP contribution in [0.1, 0.15) is 26.3 Å². The summed E-state index contributed by atoms with van der Waals surface area (Å²) in [6.07, 6.45) is 0. The van der Waals surface area contributed by atoms with Crippen molar-refractivity contribution in [1.82, 2.24) is 0 Å². The lowest BCUT2D eigenvalue weighted by Crippen LogP contribution is -2.21. The van der Waals surface area contributed by atoms with Crippen LogP contribution in [0.4, 0.5) is 5.69 Å². The minimum absolute atomic E-state index is 0.118. The molecule has 0 aliphatic carbocycles. The average molecular weight is 437 g/mol. The standard InChI is InChI=1S/C22H17BrN2O3/c1-28-22(27)19-10-6-5-9-18(19)20(25-24-17-7-3-2-4-8-17)21(26)15-11-13-16(23)14-12-15/h2-14,24H,1H3/b25-20-. The highest BCUT2D eigenvalue weighted by Gasteiger charge is 2.22. The predicted octanol–water partition coefficient (Wildman–Crippen LogP) is 4.93. The molecule has 1 N–H and O–H groups in total. The fourth-order valence-corrected chi connectivity index (χ4v) is 2.85. The van der Waals surface area contributed by atoms with Gasteiger partial charge in [-0.25, -0.2) is 4.79 Å². The molecule has 0 bridgehead atoms. The van der Waals surface area contributed by atoms with Gasteiger partial charge in [0, 0.05) is 15.6 Å². The summed E-state index contributed by atoms with van der Waals surface area (Å²) in [5, 5.41) is 4.34. The Balaban J connectivity index is 2.08. The van der Waals surface area contributed by atoms with Gasteiger partial charge in [-0.3, -0.25) is 10.2 Å². The highest BCUT2D eigenvalue weighted by molar-refractivity contribution is 9.10. The Kier molecular flexibility index (Phi) is 6.34. The number of para-hydroxylation sites is 1. The van der Waals surface area contributed by atoms with E-state index in [0.29, 0.717) is 11.1 Å². The van der Waals surface area contributed by atoms with Crippen LogP contribution in [-0.2, 0) is 4.74 Å². The maximum atomic E-state index is 13.2. The number of methoxy groups -OCH3 is 1. The van der Waals surface area contributed by atoms with E-state index < -0.39 is 5.97 Å². The molecule has 0 saturated heterocycles. The number of hydrogen-bond acceptors (Lipinski definition) is 5. The van der Waals surface area contributed by atoms with Crippen molar-refractivity contribution in [2.24, 2.45) is 5.10 Å². The summed E-state index contributed by atoms with van der Waals surface area (Å²) in [5.74, 6) is -0.848. The lowest BCUT2D eigenvalue weighted by Gasteiger charge is -2.11. The van der Waals surface area contributed by atoms with Crippen molar-refractivity contribution < 1.29 is 14.3 Å². The Morgan fingerprint density at radius 1 is 0.857 bits per heavy atom. The number of benzene rings is 3. The molecule has 0 atom stereocenters. The Labute approximate surface area is 171 Å². The SMILES string of the molecule is COC(=O)c1ccccc1/C(=N/Nc1ccccc1)C(=O)c1ccc(Br)cc1. The zero-order valence-electron chi connectivity index (χ0n) is 15.1. The smallest absolute Gasteiger partial charge is 0.338 e. The molecule has 3 aromatic carbocycles. The number of carbonyl (C=O) groups is 2. The molecular weight excluding hydrogens is 420 g/mol. The number of hydrogen-bond donors (Lipinski definition) is 1. The van der Waals surface area contributed by atoms with Crippen molar-refractivity contribution in [2.45, 2.75) is 0 Å². The number of halogens is 1. The van der Waals surface area contributed by atoms with Crippen LogP contribution in [0.25, 0.3) is 0 Å². The molecule has 0 radical (unpaired) electrons. The number of nitrogens with one attached hydrogen (secondary N) is 1. The van der Waals surface area contributed by atoms with Gasteiger partial charge in [0.15, 0.2) is 0 Å². The van der Waals surface area contributed by atoms with E-state index in [1.807, 2.05) is 30.3 Å². The summed E-state index contributed by atoms with van der Waals surface area (Å²) in [4.78, 5) is 25.4. The third-order valence-electron chi connectivity index (χ3n) is 3.98. The van der Waals surface area contributed by atoms with Crippen LogP contribution in [0.15, 0.2) is 88.4 Å². The van der Waals surface area contributed by atoms with Crippen molar-refractivity contribution in [3.63, 3.8) is 0 Å². The summed E-state index contributed by atoms with van der Waals surface area (Å²) in [6, 6.07) is 23.0. The molecule has 6 heteroatoms. The first-order valence-electron chi connectivity index (χ1n) is 8.47. The Bertz CT molecular complexity index is 1020. The fraction of sp³-hybridized carbons (Fsp3) is 0.0455. The van der Waals surface area contributed by atoms with Gasteiger partial charge < -0.3 is 4.74 Å². The van der Waals surface area contributed by atoms with Gasteiger partial charge >= 0.3 is 5.97 Å². The summed E-state index contributed by atoms with van der Waals surface area (Å²) < 4.78 is 5.72. The van der Waals surface area contributed by atoms with Crippen molar-refractivity contribution in [1.29, 1.82) is 0 Å². The molecule has 0 aliphatic rings. The van der Waals surface area contributed by atoms with Crippen LogP contribution in [-0.4, -0.2) is 24.6 Å². The second kappa shape index (κ2) is 9.10. The van der Waals surface area contributed by atoms with Gasteiger partial charge in [0.2, 0.25) is 5.78 Å². The van der Waals surface area contributed by atoms with Crippen LogP contribution in [0.3, 0.4) is 0 Å². The van der Waals surface area contributed by atoms with Gasteiger partial charge in [0.05, 0.1) is 18.4 Å². The van der Waals surface area contributed by atoms with Crippen molar-refractivity contribution in [2.75, 3.05) is 12.5 Å². The lowest BCUT2D eigenvalue weighted by molar-refractivity contribution is 0.0600. The lowest BCUT2D eigenvalue weighted by atomic mass is 9.96. The number of Topliss-reactive ketones (excluding diaryl/α,β-unsaturated/α-hetero) is 1. The zero-order valence-corrected chi connectivity index (χ0v) is 16.6. The van der Waals surface area contributed by atoms with E-state index in [4.69, 9.17) is 4.74 Å². The van der Waals surface area contributed by atoms with Crippen LogP contribution in [0.2, 0.25) is 0 Å². The monoisotopic (exact) mass is 436 g/mol. The number of anilines is 1. The van der Waals surface area contributed by atoms with E-state index in [0.717, 1.165) is 10.2 Å². The van der Waals surface area contributed by atoms with Gasteiger partial charge in [-0.15, -0.1) is 0 Å². The predicted molar refractivity (Wildman–Crippen MR) is 113 cm³/mol. The number of ketones is 1. The molecule has 28 heavy (non-hydrogen) atoms. The minimum atomic E-state index is -0.536. The zero-order chi connectivity index (χ0) is 19.9. The molecule has 0 amide bonds. The first kappa shape index (κ1) is 19.5. The molecule has 0 heterocycles. The molecule has 0 fully saturated rings. The van der Waals surface area contributed by atoms with Crippen LogP contribution in [0.5, 0.6) is 0 Å². The van der Waals surface area contributed by atoms with Crippen molar-refractivity contribution >= 4 is 39.1 Å². The molecule has 0 aliphatic heterocycles. The quantitative estimate of drug-likeness (QED) is 0.257. The molecule has 140 valence electrons. The van der Waals surface area contributed by atoms with E-state index in [2.05, 4.69) is 26.5 Å². The first-order chi connectivity index (χ1) is 13.6. The number of nitrogens with zero attached hydrogens (tertiary/aromatic N) is 1. The molecule has 0 aromatic heterocycles. The molecule has 0 spiro atoms. The van der Waals surface area contributed by atoms with E-state index in [9.17, 15) is 9.59 Å². The molecule has 0 unspecified atom stereocenters. The summed E-state index contributed by atoms with van der Waals surface area (Å²) >= 11 is 3.36. The second-order valence-corrected chi connectivity index (χ2v) is 6.73. The highest BCUT2D eigenvalue weighted by atomic mass is 79.9. The van der Waals surface area contributed by atoms with Crippen molar-refractivity contribution in [3.05, 3.63) is 100 Å². The Hall–Kier alpha value is -3.25. The third kappa shape index (κ3) is 4.53. The number of carbonyl (C=O) groups excluding carboxylic acids is 2.